The van der Waals surface area contributed by atoms with E-state index >= 15 is 0 Å². The first kappa shape index (κ1) is 12.4. The van der Waals surface area contributed by atoms with Crippen LogP contribution in [0.3, 0.4) is 0 Å². The summed E-state index contributed by atoms with van der Waals surface area (Å²) in [5.41, 5.74) is 1.06. The minimum absolute atomic E-state index is 0.299. The van der Waals surface area contributed by atoms with E-state index in [2.05, 4.69) is 9.97 Å². The topological polar surface area (TPSA) is 61.3 Å². The summed E-state index contributed by atoms with van der Waals surface area (Å²) < 4.78 is 10.1. The lowest BCUT2D eigenvalue weighted by molar-refractivity contribution is 0.0523. The first-order valence-corrected chi connectivity index (χ1v) is 5.38. The van der Waals surface area contributed by atoms with Crippen LogP contribution < -0.4 is 4.74 Å². The fourth-order valence-corrected chi connectivity index (χ4v) is 1.25. The summed E-state index contributed by atoms with van der Waals surface area (Å²) in [5.74, 6) is -0.387. The van der Waals surface area contributed by atoms with Crippen molar-refractivity contribution in [3.05, 3.63) is 17.5 Å². The van der Waals surface area contributed by atoms with Crippen LogP contribution in [0.1, 0.15) is 36.8 Å². The van der Waals surface area contributed by atoms with Crippen molar-refractivity contribution in [2.45, 2.75) is 27.2 Å². The predicted molar refractivity (Wildman–Crippen MR) is 58.5 cm³/mol. The van der Waals surface area contributed by atoms with Gasteiger partial charge in [-0.3, -0.25) is 0 Å². The standard InChI is InChI=1S/C11H16N2O3/c1-4-9-8(10(14)15-5-2)7-12-11(13-9)16-6-3/h7H,4-6H2,1-3H3. The number of ether oxygens (including phenoxy) is 2. The lowest BCUT2D eigenvalue weighted by Crippen LogP contribution is -2.11. The maximum Gasteiger partial charge on any atom is 0.341 e. The lowest BCUT2D eigenvalue weighted by Gasteiger charge is -2.07. The largest absolute Gasteiger partial charge is 0.464 e. The van der Waals surface area contributed by atoms with Crippen molar-refractivity contribution in [3.8, 4) is 6.01 Å². The van der Waals surface area contributed by atoms with Gasteiger partial charge in [0.1, 0.15) is 0 Å². The van der Waals surface area contributed by atoms with Crippen LogP contribution in [-0.4, -0.2) is 29.2 Å². The van der Waals surface area contributed by atoms with Crippen LogP contribution in [0.25, 0.3) is 0 Å². The summed E-state index contributed by atoms with van der Waals surface area (Å²) in [5, 5.41) is 0. The molecule has 0 aliphatic rings. The third-order valence-electron chi connectivity index (χ3n) is 1.95. The molecule has 0 bridgehead atoms. The van der Waals surface area contributed by atoms with Gasteiger partial charge in [-0.2, -0.15) is 4.98 Å². The van der Waals surface area contributed by atoms with E-state index in [1.54, 1.807) is 6.92 Å². The summed E-state index contributed by atoms with van der Waals surface area (Å²) in [7, 11) is 0. The molecule has 0 unspecified atom stereocenters. The van der Waals surface area contributed by atoms with E-state index in [4.69, 9.17) is 9.47 Å². The molecule has 1 aromatic rings. The average molecular weight is 224 g/mol. The third kappa shape index (κ3) is 2.92. The zero-order chi connectivity index (χ0) is 12.0. The number of carbonyl (C=O) groups is 1. The minimum atomic E-state index is -0.387. The van der Waals surface area contributed by atoms with Crippen molar-refractivity contribution in [2.75, 3.05) is 13.2 Å². The molecule has 1 rings (SSSR count). The molecular weight excluding hydrogens is 208 g/mol. The van der Waals surface area contributed by atoms with E-state index in [1.165, 1.54) is 6.20 Å². The Kier molecular flexibility index (Phi) is 4.69. The summed E-state index contributed by atoms with van der Waals surface area (Å²) >= 11 is 0. The van der Waals surface area contributed by atoms with Gasteiger partial charge in [-0.25, -0.2) is 9.78 Å². The van der Waals surface area contributed by atoms with Gasteiger partial charge in [-0.05, 0) is 20.3 Å². The first-order chi connectivity index (χ1) is 7.72. The lowest BCUT2D eigenvalue weighted by atomic mass is 10.2. The highest BCUT2D eigenvalue weighted by atomic mass is 16.5. The van der Waals surface area contributed by atoms with Crippen molar-refractivity contribution in [1.29, 1.82) is 0 Å². The van der Waals surface area contributed by atoms with Gasteiger partial charge in [0.25, 0.3) is 0 Å². The Morgan fingerprint density at radius 2 is 2.06 bits per heavy atom. The maximum atomic E-state index is 11.6. The van der Waals surface area contributed by atoms with Gasteiger partial charge in [0, 0.05) is 6.20 Å². The molecule has 5 heteroatoms. The number of nitrogens with zero attached hydrogens (tertiary/aromatic N) is 2. The second kappa shape index (κ2) is 6.05. The molecule has 16 heavy (non-hydrogen) atoms. The molecule has 0 aliphatic carbocycles. The average Bonchev–Trinajstić information content (AvgIpc) is 2.29. The monoisotopic (exact) mass is 224 g/mol. The Balaban J connectivity index is 2.96. The number of esters is 1. The highest BCUT2D eigenvalue weighted by molar-refractivity contribution is 5.90. The number of rotatable bonds is 5. The zero-order valence-corrected chi connectivity index (χ0v) is 9.82. The molecule has 88 valence electrons. The molecule has 0 aliphatic heterocycles. The van der Waals surface area contributed by atoms with Crippen molar-refractivity contribution in [2.24, 2.45) is 0 Å². The quantitative estimate of drug-likeness (QED) is 0.711. The fraction of sp³-hybridized carbons (Fsp3) is 0.545. The number of aromatic nitrogens is 2. The number of aryl methyl sites for hydroxylation is 1. The summed E-state index contributed by atoms with van der Waals surface area (Å²) in [6, 6.07) is 0.299. The van der Waals surface area contributed by atoms with Crippen molar-refractivity contribution in [1.82, 2.24) is 9.97 Å². The van der Waals surface area contributed by atoms with Gasteiger partial charge in [0.15, 0.2) is 0 Å². The Hall–Kier alpha value is -1.65. The van der Waals surface area contributed by atoms with Crippen LogP contribution >= 0.6 is 0 Å². The van der Waals surface area contributed by atoms with E-state index in [1.807, 2.05) is 13.8 Å². The summed E-state index contributed by atoms with van der Waals surface area (Å²) in [4.78, 5) is 19.6. The second-order valence-electron chi connectivity index (χ2n) is 3.02. The third-order valence-corrected chi connectivity index (χ3v) is 1.95. The fourth-order valence-electron chi connectivity index (χ4n) is 1.25. The Morgan fingerprint density at radius 3 is 2.62 bits per heavy atom. The van der Waals surface area contributed by atoms with Crippen LogP contribution in [0.5, 0.6) is 6.01 Å². The highest BCUT2D eigenvalue weighted by Gasteiger charge is 2.14. The van der Waals surface area contributed by atoms with Gasteiger partial charge in [0.05, 0.1) is 24.5 Å². The number of hydrogen-bond acceptors (Lipinski definition) is 5. The summed E-state index contributed by atoms with van der Waals surface area (Å²) in [6.45, 7) is 6.38. The normalized spacial score (nSPS) is 9.94. The maximum absolute atomic E-state index is 11.6. The van der Waals surface area contributed by atoms with Crippen LogP contribution in [0.2, 0.25) is 0 Å². The minimum Gasteiger partial charge on any atom is -0.464 e. The van der Waals surface area contributed by atoms with Gasteiger partial charge in [-0.1, -0.05) is 6.92 Å². The van der Waals surface area contributed by atoms with E-state index in [0.29, 0.717) is 36.9 Å². The molecule has 5 nitrogen and oxygen atoms in total. The molecule has 0 amide bonds. The van der Waals surface area contributed by atoms with Gasteiger partial charge in [-0.15, -0.1) is 0 Å². The Labute approximate surface area is 94.8 Å². The Bertz CT molecular complexity index is 366. The first-order valence-electron chi connectivity index (χ1n) is 5.38. The van der Waals surface area contributed by atoms with Crippen LogP contribution in [0.4, 0.5) is 0 Å². The summed E-state index contributed by atoms with van der Waals surface area (Å²) in [6.07, 6.45) is 2.09. The number of hydrogen-bond donors (Lipinski definition) is 0. The molecule has 0 saturated heterocycles. The molecule has 0 fully saturated rings. The van der Waals surface area contributed by atoms with Crippen molar-refractivity contribution < 1.29 is 14.3 Å². The van der Waals surface area contributed by atoms with Crippen LogP contribution in [-0.2, 0) is 11.2 Å². The molecule has 0 spiro atoms. The van der Waals surface area contributed by atoms with E-state index < -0.39 is 0 Å². The number of carbonyl (C=O) groups excluding carboxylic acids is 1. The zero-order valence-electron chi connectivity index (χ0n) is 9.82. The predicted octanol–water partition coefficient (Wildman–Crippen LogP) is 1.61. The molecule has 1 aromatic heterocycles. The smallest absolute Gasteiger partial charge is 0.341 e. The molecule has 0 N–H and O–H groups in total. The molecular formula is C11H16N2O3. The van der Waals surface area contributed by atoms with E-state index in [-0.39, 0.29) is 5.97 Å². The molecule has 0 atom stereocenters. The van der Waals surface area contributed by atoms with Crippen molar-refractivity contribution in [3.63, 3.8) is 0 Å². The molecule has 0 saturated carbocycles. The van der Waals surface area contributed by atoms with Gasteiger partial charge >= 0.3 is 12.0 Å². The molecule has 1 heterocycles. The van der Waals surface area contributed by atoms with Crippen molar-refractivity contribution >= 4 is 5.97 Å². The van der Waals surface area contributed by atoms with E-state index in [9.17, 15) is 4.79 Å². The van der Waals surface area contributed by atoms with E-state index in [0.717, 1.165) is 0 Å². The Morgan fingerprint density at radius 1 is 1.31 bits per heavy atom. The highest BCUT2D eigenvalue weighted by Crippen LogP contribution is 2.11. The molecule has 0 radical (unpaired) electrons. The molecule has 0 aromatic carbocycles. The SMILES string of the molecule is CCOC(=O)c1cnc(OCC)nc1CC. The second-order valence-corrected chi connectivity index (χ2v) is 3.02. The van der Waals surface area contributed by atoms with Gasteiger partial charge < -0.3 is 9.47 Å². The van der Waals surface area contributed by atoms with Crippen LogP contribution in [0.15, 0.2) is 6.20 Å². The van der Waals surface area contributed by atoms with Crippen LogP contribution in [0, 0.1) is 0 Å². The van der Waals surface area contributed by atoms with Gasteiger partial charge in [0.2, 0.25) is 0 Å².